The van der Waals surface area contributed by atoms with Gasteiger partial charge in [0.25, 0.3) is 0 Å². The highest BCUT2D eigenvalue weighted by Crippen LogP contribution is 2.14. The third-order valence-electron chi connectivity index (χ3n) is 2.88. The van der Waals surface area contributed by atoms with Crippen LogP contribution in [0.2, 0.25) is 5.02 Å². The van der Waals surface area contributed by atoms with Crippen molar-refractivity contribution in [2.75, 3.05) is 5.32 Å². The smallest absolute Gasteiger partial charge is 0.172 e. The molecule has 4 nitrogen and oxygen atoms in total. The molecule has 112 valence electrons. The lowest BCUT2D eigenvalue weighted by atomic mass is 10.1. The van der Waals surface area contributed by atoms with Gasteiger partial charge in [-0.05, 0) is 50.7 Å². The van der Waals surface area contributed by atoms with E-state index in [1.165, 1.54) is 0 Å². The number of thiocarbonyl (C=S) groups is 1. The molecular formula is C15H19ClN4S. The van der Waals surface area contributed by atoms with Crippen LogP contribution in [-0.2, 0) is 12.1 Å². The molecule has 2 rings (SSSR count). The number of aromatic nitrogens is 2. The highest BCUT2D eigenvalue weighted by Gasteiger charge is 2.14. The van der Waals surface area contributed by atoms with Gasteiger partial charge in [0.2, 0.25) is 0 Å². The van der Waals surface area contributed by atoms with Crippen LogP contribution < -0.4 is 10.6 Å². The van der Waals surface area contributed by atoms with Gasteiger partial charge in [-0.15, -0.1) is 0 Å². The van der Waals surface area contributed by atoms with E-state index in [0.717, 1.165) is 16.4 Å². The molecule has 0 atom stereocenters. The van der Waals surface area contributed by atoms with Crippen LogP contribution in [0.5, 0.6) is 0 Å². The summed E-state index contributed by atoms with van der Waals surface area (Å²) in [4.78, 5) is 0. The molecule has 6 heteroatoms. The first-order chi connectivity index (χ1) is 9.84. The van der Waals surface area contributed by atoms with E-state index in [1.54, 1.807) is 0 Å². The van der Waals surface area contributed by atoms with Crippen molar-refractivity contribution < 1.29 is 0 Å². The second kappa shape index (κ2) is 6.45. The minimum atomic E-state index is -0.0434. The predicted molar refractivity (Wildman–Crippen MR) is 91.7 cm³/mol. The van der Waals surface area contributed by atoms with Gasteiger partial charge in [0.05, 0.1) is 5.54 Å². The summed E-state index contributed by atoms with van der Waals surface area (Å²) in [6.45, 7) is 6.94. The number of nitrogens with one attached hydrogen (secondary N) is 2. The molecule has 0 saturated heterocycles. The molecule has 0 fully saturated rings. The summed E-state index contributed by atoms with van der Waals surface area (Å²) in [7, 11) is 0. The Kier molecular flexibility index (Phi) is 4.85. The fraction of sp³-hybridized carbons (Fsp3) is 0.333. The third-order valence-corrected chi connectivity index (χ3v) is 3.38. The Labute approximate surface area is 135 Å². The maximum absolute atomic E-state index is 5.85. The summed E-state index contributed by atoms with van der Waals surface area (Å²) in [5, 5.41) is 11.9. The number of rotatable bonds is 3. The molecule has 0 saturated carbocycles. The Hall–Kier alpha value is -1.59. The molecule has 0 spiro atoms. The van der Waals surface area contributed by atoms with Crippen molar-refractivity contribution in [3.63, 3.8) is 0 Å². The fourth-order valence-electron chi connectivity index (χ4n) is 1.71. The van der Waals surface area contributed by atoms with Crippen LogP contribution in [0, 0.1) is 0 Å². The summed E-state index contributed by atoms with van der Waals surface area (Å²) in [6, 6.07) is 9.56. The number of anilines is 1. The molecule has 1 heterocycles. The number of halogens is 1. The predicted octanol–water partition coefficient (Wildman–Crippen LogP) is 3.78. The van der Waals surface area contributed by atoms with Gasteiger partial charge >= 0.3 is 0 Å². The SMILES string of the molecule is CC(C)(C)n1ccc(NC(=S)NCc2ccc(Cl)cc2)n1. The van der Waals surface area contributed by atoms with Crippen molar-refractivity contribution >= 4 is 34.7 Å². The van der Waals surface area contributed by atoms with E-state index in [1.807, 2.05) is 41.2 Å². The molecular weight excluding hydrogens is 304 g/mol. The highest BCUT2D eigenvalue weighted by molar-refractivity contribution is 7.80. The third kappa shape index (κ3) is 4.72. The van der Waals surface area contributed by atoms with Crippen molar-refractivity contribution in [2.45, 2.75) is 32.9 Å². The van der Waals surface area contributed by atoms with E-state index < -0.39 is 0 Å². The van der Waals surface area contributed by atoms with Crippen LogP contribution in [-0.4, -0.2) is 14.9 Å². The van der Waals surface area contributed by atoms with Crippen molar-refractivity contribution in [3.05, 3.63) is 47.1 Å². The molecule has 0 bridgehead atoms. The fourth-order valence-corrected chi connectivity index (χ4v) is 2.01. The zero-order valence-corrected chi connectivity index (χ0v) is 13.9. The van der Waals surface area contributed by atoms with Crippen LogP contribution in [0.25, 0.3) is 0 Å². The summed E-state index contributed by atoms with van der Waals surface area (Å²) >= 11 is 11.1. The van der Waals surface area contributed by atoms with Crippen LogP contribution in [0.4, 0.5) is 5.82 Å². The van der Waals surface area contributed by atoms with Crippen molar-refractivity contribution in [2.24, 2.45) is 0 Å². The standard InChI is InChI=1S/C15H19ClN4S/c1-15(2,3)20-9-8-13(19-20)18-14(21)17-10-11-4-6-12(16)7-5-11/h4-9H,10H2,1-3H3,(H2,17,18,19,21). The lowest BCUT2D eigenvalue weighted by Gasteiger charge is -2.18. The quantitative estimate of drug-likeness (QED) is 0.844. The van der Waals surface area contributed by atoms with Gasteiger partial charge in [0.1, 0.15) is 0 Å². The second-order valence-electron chi connectivity index (χ2n) is 5.75. The summed E-state index contributed by atoms with van der Waals surface area (Å²) in [5.41, 5.74) is 1.07. The van der Waals surface area contributed by atoms with Crippen molar-refractivity contribution in [3.8, 4) is 0 Å². The Morgan fingerprint density at radius 3 is 2.48 bits per heavy atom. The van der Waals surface area contributed by atoms with Crippen LogP contribution in [0.1, 0.15) is 26.3 Å². The molecule has 2 aromatic rings. The van der Waals surface area contributed by atoms with Gasteiger partial charge in [-0.3, -0.25) is 4.68 Å². The molecule has 0 amide bonds. The molecule has 21 heavy (non-hydrogen) atoms. The minimum Gasteiger partial charge on any atom is -0.358 e. The highest BCUT2D eigenvalue weighted by atomic mass is 35.5. The molecule has 0 aliphatic heterocycles. The maximum Gasteiger partial charge on any atom is 0.172 e. The average Bonchev–Trinajstić information content (AvgIpc) is 2.86. The zero-order chi connectivity index (χ0) is 15.5. The first kappa shape index (κ1) is 15.8. The largest absolute Gasteiger partial charge is 0.358 e. The first-order valence-electron chi connectivity index (χ1n) is 6.70. The van der Waals surface area contributed by atoms with E-state index in [-0.39, 0.29) is 5.54 Å². The maximum atomic E-state index is 5.85. The van der Waals surface area contributed by atoms with Gasteiger partial charge in [-0.1, -0.05) is 23.7 Å². The summed E-state index contributed by atoms with van der Waals surface area (Å²) < 4.78 is 1.90. The molecule has 0 radical (unpaired) electrons. The van der Waals surface area contributed by atoms with E-state index >= 15 is 0 Å². The zero-order valence-electron chi connectivity index (χ0n) is 12.4. The second-order valence-corrected chi connectivity index (χ2v) is 6.60. The van der Waals surface area contributed by atoms with Gasteiger partial charge in [0, 0.05) is 23.8 Å². The molecule has 1 aromatic carbocycles. The number of hydrogen-bond acceptors (Lipinski definition) is 2. The van der Waals surface area contributed by atoms with Crippen molar-refractivity contribution in [1.82, 2.24) is 15.1 Å². The summed E-state index contributed by atoms with van der Waals surface area (Å²) in [6.07, 6.45) is 1.93. The van der Waals surface area contributed by atoms with E-state index in [2.05, 4.69) is 36.5 Å². The average molecular weight is 323 g/mol. The number of hydrogen-bond donors (Lipinski definition) is 2. The molecule has 2 N–H and O–H groups in total. The van der Waals surface area contributed by atoms with Crippen LogP contribution in [0.3, 0.4) is 0 Å². The Morgan fingerprint density at radius 1 is 1.24 bits per heavy atom. The van der Waals surface area contributed by atoms with E-state index in [9.17, 15) is 0 Å². The normalized spacial score (nSPS) is 11.2. The lowest BCUT2D eigenvalue weighted by Crippen LogP contribution is -2.28. The molecule has 0 aliphatic rings. The molecule has 0 aliphatic carbocycles. The monoisotopic (exact) mass is 322 g/mol. The van der Waals surface area contributed by atoms with Crippen LogP contribution in [0.15, 0.2) is 36.5 Å². The lowest BCUT2D eigenvalue weighted by molar-refractivity contribution is 0.356. The van der Waals surface area contributed by atoms with E-state index in [4.69, 9.17) is 23.8 Å². The topological polar surface area (TPSA) is 41.9 Å². The first-order valence-corrected chi connectivity index (χ1v) is 7.49. The Morgan fingerprint density at radius 2 is 1.90 bits per heavy atom. The summed E-state index contributed by atoms with van der Waals surface area (Å²) in [5.74, 6) is 0.735. The van der Waals surface area contributed by atoms with Gasteiger partial charge in [-0.2, -0.15) is 5.10 Å². The van der Waals surface area contributed by atoms with Gasteiger partial charge in [-0.25, -0.2) is 0 Å². The van der Waals surface area contributed by atoms with E-state index in [0.29, 0.717) is 11.7 Å². The molecule has 0 unspecified atom stereocenters. The van der Waals surface area contributed by atoms with Gasteiger partial charge < -0.3 is 10.6 Å². The number of benzene rings is 1. The number of nitrogens with zero attached hydrogens (tertiary/aromatic N) is 2. The Balaban J connectivity index is 1.87. The van der Waals surface area contributed by atoms with Crippen molar-refractivity contribution in [1.29, 1.82) is 0 Å². The van der Waals surface area contributed by atoms with Crippen LogP contribution >= 0.6 is 23.8 Å². The minimum absolute atomic E-state index is 0.0434. The Bertz CT molecular complexity index is 613. The molecule has 1 aromatic heterocycles. The van der Waals surface area contributed by atoms with Gasteiger partial charge in [0.15, 0.2) is 10.9 Å².